The summed E-state index contributed by atoms with van der Waals surface area (Å²) in [5, 5.41) is 9.50. The Morgan fingerprint density at radius 3 is 2.53 bits per heavy atom. The molecular weight excluding hydrogens is 201 g/mol. The van der Waals surface area contributed by atoms with E-state index in [1.807, 2.05) is 0 Å². The van der Waals surface area contributed by atoms with Gasteiger partial charge in [0.1, 0.15) is 17.3 Å². The number of hydrogen-bond donors (Lipinski definition) is 2. The Bertz CT molecular complexity index is 344. The lowest BCUT2D eigenvalue weighted by Gasteiger charge is -2.15. The molecule has 1 unspecified atom stereocenters. The molecule has 0 saturated carbocycles. The average Bonchev–Trinajstić information content (AvgIpc) is 2.26. The molecule has 0 fully saturated rings. The summed E-state index contributed by atoms with van der Waals surface area (Å²) in [5.41, 5.74) is 5.32. The Labute approximate surface area is 87.4 Å². The third kappa shape index (κ3) is 2.37. The minimum Gasteiger partial charge on any atom is -0.497 e. The van der Waals surface area contributed by atoms with Gasteiger partial charge in [-0.2, -0.15) is 0 Å². The van der Waals surface area contributed by atoms with Gasteiger partial charge in [0, 0.05) is 18.7 Å². The highest BCUT2D eigenvalue weighted by Gasteiger charge is 2.18. The molecule has 0 spiro atoms. The molecule has 0 aromatic heterocycles. The maximum atomic E-state index is 13.5. The van der Waals surface area contributed by atoms with Gasteiger partial charge in [0.15, 0.2) is 0 Å². The third-order valence-corrected chi connectivity index (χ3v) is 2.08. The standard InChI is InChI=1S/C10H14FNO3/c1-14-6-3-7(11)10(8(13)5-12)9(4-6)15-2/h3-4,8,13H,5,12H2,1-2H3. The number of aliphatic hydroxyl groups is 1. The van der Waals surface area contributed by atoms with E-state index in [1.165, 1.54) is 26.4 Å². The number of hydrogen-bond acceptors (Lipinski definition) is 4. The zero-order valence-electron chi connectivity index (χ0n) is 8.66. The van der Waals surface area contributed by atoms with Crippen molar-refractivity contribution in [1.29, 1.82) is 0 Å². The molecule has 1 atom stereocenters. The van der Waals surface area contributed by atoms with E-state index in [1.54, 1.807) is 0 Å². The van der Waals surface area contributed by atoms with Gasteiger partial charge >= 0.3 is 0 Å². The van der Waals surface area contributed by atoms with Gasteiger partial charge in [-0.25, -0.2) is 4.39 Å². The predicted octanol–water partition coefficient (Wildman–Crippen LogP) is 0.835. The van der Waals surface area contributed by atoms with Crippen LogP contribution in [0.1, 0.15) is 11.7 Å². The van der Waals surface area contributed by atoms with E-state index in [-0.39, 0.29) is 17.9 Å². The molecule has 0 saturated heterocycles. The molecule has 0 amide bonds. The van der Waals surface area contributed by atoms with Crippen LogP contribution in [-0.2, 0) is 0 Å². The van der Waals surface area contributed by atoms with E-state index in [9.17, 15) is 9.50 Å². The second kappa shape index (κ2) is 4.95. The van der Waals surface area contributed by atoms with Gasteiger partial charge in [0.25, 0.3) is 0 Å². The number of methoxy groups -OCH3 is 2. The number of nitrogens with two attached hydrogens (primary N) is 1. The molecule has 0 heterocycles. The lowest BCUT2D eigenvalue weighted by atomic mass is 10.1. The van der Waals surface area contributed by atoms with E-state index < -0.39 is 11.9 Å². The summed E-state index contributed by atoms with van der Waals surface area (Å²) < 4.78 is 23.4. The van der Waals surface area contributed by atoms with Crippen molar-refractivity contribution in [3.05, 3.63) is 23.5 Å². The second-order valence-corrected chi connectivity index (χ2v) is 2.98. The second-order valence-electron chi connectivity index (χ2n) is 2.98. The van der Waals surface area contributed by atoms with Crippen LogP contribution < -0.4 is 15.2 Å². The first-order chi connectivity index (χ1) is 7.13. The van der Waals surface area contributed by atoms with Gasteiger partial charge < -0.3 is 20.3 Å². The molecule has 1 aromatic rings. The zero-order valence-corrected chi connectivity index (χ0v) is 8.66. The number of rotatable bonds is 4. The van der Waals surface area contributed by atoms with E-state index in [4.69, 9.17) is 15.2 Å². The maximum absolute atomic E-state index is 13.5. The number of halogens is 1. The third-order valence-electron chi connectivity index (χ3n) is 2.08. The lowest BCUT2D eigenvalue weighted by molar-refractivity contribution is 0.176. The first kappa shape index (κ1) is 11.7. The molecule has 15 heavy (non-hydrogen) atoms. The van der Waals surface area contributed by atoms with Crippen molar-refractivity contribution in [2.24, 2.45) is 5.73 Å². The van der Waals surface area contributed by atoms with Crippen molar-refractivity contribution in [2.75, 3.05) is 20.8 Å². The first-order valence-corrected chi connectivity index (χ1v) is 4.43. The summed E-state index contributed by atoms with van der Waals surface area (Å²) in [7, 11) is 2.81. The summed E-state index contributed by atoms with van der Waals surface area (Å²) in [6.07, 6.45) is -1.08. The molecule has 1 aromatic carbocycles. The smallest absolute Gasteiger partial charge is 0.136 e. The van der Waals surface area contributed by atoms with Gasteiger partial charge in [0.2, 0.25) is 0 Å². The van der Waals surface area contributed by atoms with Crippen molar-refractivity contribution < 1.29 is 19.0 Å². The van der Waals surface area contributed by atoms with Gasteiger partial charge in [0.05, 0.1) is 25.9 Å². The first-order valence-electron chi connectivity index (χ1n) is 4.43. The molecule has 0 aliphatic heterocycles. The van der Waals surface area contributed by atoms with Crippen LogP contribution in [0, 0.1) is 5.82 Å². The predicted molar refractivity (Wildman–Crippen MR) is 53.5 cm³/mol. The van der Waals surface area contributed by atoms with E-state index in [2.05, 4.69) is 0 Å². The Balaban J connectivity index is 3.24. The van der Waals surface area contributed by atoms with Crippen LogP contribution in [0.2, 0.25) is 0 Å². The fraction of sp³-hybridized carbons (Fsp3) is 0.400. The lowest BCUT2D eigenvalue weighted by Crippen LogP contribution is -2.14. The Hall–Kier alpha value is -1.33. The minimum absolute atomic E-state index is 0.0563. The van der Waals surface area contributed by atoms with Crippen molar-refractivity contribution in [1.82, 2.24) is 0 Å². The highest BCUT2D eigenvalue weighted by atomic mass is 19.1. The van der Waals surface area contributed by atoms with E-state index in [0.29, 0.717) is 5.75 Å². The van der Waals surface area contributed by atoms with Crippen LogP contribution in [-0.4, -0.2) is 25.9 Å². The van der Waals surface area contributed by atoms with Gasteiger partial charge in [-0.3, -0.25) is 0 Å². The number of aliphatic hydroxyl groups excluding tert-OH is 1. The molecule has 5 heteroatoms. The maximum Gasteiger partial charge on any atom is 0.136 e. The largest absolute Gasteiger partial charge is 0.497 e. The van der Waals surface area contributed by atoms with Crippen molar-refractivity contribution in [3.63, 3.8) is 0 Å². The molecular formula is C10H14FNO3. The molecule has 84 valence electrons. The summed E-state index contributed by atoms with van der Waals surface area (Å²) in [5.74, 6) is -0.0359. The van der Waals surface area contributed by atoms with E-state index >= 15 is 0 Å². The Morgan fingerprint density at radius 1 is 1.40 bits per heavy atom. The average molecular weight is 215 g/mol. The summed E-state index contributed by atoms with van der Waals surface area (Å²) in [4.78, 5) is 0. The molecule has 0 radical (unpaired) electrons. The van der Waals surface area contributed by atoms with Crippen molar-refractivity contribution in [2.45, 2.75) is 6.10 Å². The van der Waals surface area contributed by atoms with Gasteiger partial charge in [-0.15, -0.1) is 0 Å². The van der Waals surface area contributed by atoms with Gasteiger partial charge in [-0.1, -0.05) is 0 Å². The fourth-order valence-corrected chi connectivity index (χ4v) is 1.30. The SMILES string of the molecule is COc1cc(F)c(C(O)CN)c(OC)c1. The highest BCUT2D eigenvalue weighted by molar-refractivity contribution is 5.43. The normalized spacial score (nSPS) is 12.3. The van der Waals surface area contributed by atoms with Crippen molar-refractivity contribution in [3.8, 4) is 11.5 Å². The summed E-state index contributed by atoms with van der Waals surface area (Å²) in [6.45, 7) is -0.0698. The Morgan fingerprint density at radius 2 is 2.07 bits per heavy atom. The van der Waals surface area contributed by atoms with E-state index in [0.717, 1.165) is 0 Å². The van der Waals surface area contributed by atoms with Gasteiger partial charge in [-0.05, 0) is 0 Å². The van der Waals surface area contributed by atoms with Crippen LogP contribution >= 0.6 is 0 Å². The monoisotopic (exact) mass is 215 g/mol. The molecule has 0 aliphatic carbocycles. The Kier molecular flexibility index (Phi) is 3.88. The van der Waals surface area contributed by atoms with Crippen LogP contribution in [0.3, 0.4) is 0 Å². The highest BCUT2D eigenvalue weighted by Crippen LogP contribution is 2.31. The number of benzene rings is 1. The minimum atomic E-state index is -1.08. The van der Waals surface area contributed by atoms with Crippen LogP contribution in [0.5, 0.6) is 11.5 Å². The van der Waals surface area contributed by atoms with Crippen LogP contribution in [0.25, 0.3) is 0 Å². The number of ether oxygens (including phenoxy) is 2. The fourth-order valence-electron chi connectivity index (χ4n) is 1.30. The van der Waals surface area contributed by atoms with Crippen LogP contribution in [0.15, 0.2) is 12.1 Å². The zero-order chi connectivity index (χ0) is 11.4. The molecule has 0 aliphatic rings. The molecule has 4 nitrogen and oxygen atoms in total. The quantitative estimate of drug-likeness (QED) is 0.781. The van der Waals surface area contributed by atoms with Crippen LogP contribution in [0.4, 0.5) is 4.39 Å². The van der Waals surface area contributed by atoms with Crippen molar-refractivity contribution >= 4 is 0 Å². The summed E-state index contributed by atoms with van der Waals surface area (Å²) >= 11 is 0. The molecule has 1 rings (SSSR count). The topological polar surface area (TPSA) is 64.7 Å². The molecule has 0 bridgehead atoms. The summed E-state index contributed by atoms with van der Waals surface area (Å²) in [6, 6.07) is 2.67. The molecule has 3 N–H and O–H groups in total.